The van der Waals surface area contributed by atoms with Crippen LogP contribution in [0.3, 0.4) is 0 Å². The van der Waals surface area contributed by atoms with Crippen LogP contribution in [-0.4, -0.2) is 62.2 Å². The van der Waals surface area contributed by atoms with Gasteiger partial charge >= 0.3 is 0 Å². The van der Waals surface area contributed by atoms with Crippen molar-refractivity contribution in [2.45, 2.75) is 52.1 Å². The highest BCUT2D eigenvalue weighted by atomic mass is 15.3. The van der Waals surface area contributed by atoms with Gasteiger partial charge in [0, 0.05) is 38.3 Å². The second-order valence-corrected chi connectivity index (χ2v) is 7.42. The first-order valence-corrected chi connectivity index (χ1v) is 8.65. The Hall–Kier alpha value is -0.120. The molecule has 0 spiro atoms. The van der Waals surface area contributed by atoms with Crippen molar-refractivity contribution in [3.63, 3.8) is 0 Å². The number of likely N-dealkylation sites (N-methyl/N-ethyl adjacent to an activating group) is 1. The maximum absolute atomic E-state index is 3.60. The van der Waals surface area contributed by atoms with Crippen LogP contribution in [0.5, 0.6) is 0 Å². The summed E-state index contributed by atoms with van der Waals surface area (Å²) < 4.78 is 0. The predicted molar refractivity (Wildman–Crippen MR) is 87.0 cm³/mol. The minimum Gasteiger partial charge on any atom is -0.317 e. The van der Waals surface area contributed by atoms with Crippen molar-refractivity contribution in [2.24, 2.45) is 17.8 Å². The van der Waals surface area contributed by atoms with Gasteiger partial charge in [-0.3, -0.25) is 0 Å². The van der Waals surface area contributed by atoms with E-state index in [0.29, 0.717) is 6.04 Å². The van der Waals surface area contributed by atoms with Crippen molar-refractivity contribution in [3.8, 4) is 0 Å². The highest BCUT2D eigenvalue weighted by Gasteiger charge is 2.35. The molecule has 0 bridgehead atoms. The van der Waals surface area contributed by atoms with E-state index in [4.69, 9.17) is 0 Å². The highest BCUT2D eigenvalue weighted by Crippen LogP contribution is 2.34. The van der Waals surface area contributed by atoms with Gasteiger partial charge in [0.15, 0.2) is 0 Å². The normalized spacial score (nSPS) is 41.0. The Morgan fingerprint density at radius 3 is 2.55 bits per heavy atom. The fourth-order valence-electron chi connectivity index (χ4n) is 4.46. The molecule has 1 saturated heterocycles. The Kier molecular flexibility index (Phi) is 5.88. The number of rotatable bonds is 4. The van der Waals surface area contributed by atoms with Crippen LogP contribution < -0.4 is 5.32 Å². The third kappa shape index (κ3) is 3.75. The van der Waals surface area contributed by atoms with E-state index >= 15 is 0 Å². The lowest BCUT2D eigenvalue weighted by Gasteiger charge is -2.45. The van der Waals surface area contributed by atoms with Gasteiger partial charge < -0.3 is 15.1 Å². The molecule has 118 valence electrons. The van der Waals surface area contributed by atoms with E-state index in [0.717, 1.165) is 23.8 Å². The lowest BCUT2D eigenvalue weighted by Crippen LogP contribution is -2.55. The summed E-state index contributed by atoms with van der Waals surface area (Å²) in [7, 11) is 4.44. The lowest BCUT2D eigenvalue weighted by molar-refractivity contribution is 0.0493. The van der Waals surface area contributed by atoms with Crippen LogP contribution >= 0.6 is 0 Å². The molecule has 20 heavy (non-hydrogen) atoms. The summed E-state index contributed by atoms with van der Waals surface area (Å²) in [4.78, 5) is 5.27. The van der Waals surface area contributed by atoms with Crippen LogP contribution in [0.1, 0.15) is 40.0 Å². The summed E-state index contributed by atoms with van der Waals surface area (Å²) in [5, 5.41) is 3.60. The zero-order valence-corrected chi connectivity index (χ0v) is 14.2. The highest BCUT2D eigenvalue weighted by molar-refractivity contribution is 4.90. The van der Waals surface area contributed by atoms with Gasteiger partial charge in [0.25, 0.3) is 0 Å². The fraction of sp³-hybridized carbons (Fsp3) is 1.00. The molecule has 0 amide bonds. The Morgan fingerprint density at radius 1 is 1.15 bits per heavy atom. The van der Waals surface area contributed by atoms with Gasteiger partial charge in [0.05, 0.1) is 0 Å². The Balaban J connectivity index is 1.93. The molecule has 1 aliphatic heterocycles. The Morgan fingerprint density at radius 2 is 1.90 bits per heavy atom. The van der Waals surface area contributed by atoms with E-state index in [2.05, 4.69) is 50.0 Å². The second-order valence-electron chi connectivity index (χ2n) is 7.42. The third-order valence-electron chi connectivity index (χ3n) is 5.85. The molecule has 0 aromatic rings. The van der Waals surface area contributed by atoms with Gasteiger partial charge in [-0.05, 0) is 51.1 Å². The van der Waals surface area contributed by atoms with Crippen molar-refractivity contribution in [2.75, 3.05) is 40.3 Å². The van der Waals surface area contributed by atoms with Crippen molar-refractivity contribution in [1.82, 2.24) is 15.1 Å². The van der Waals surface area contributed by atoms with Crippen molar-refractivity contribution < 1.29 is 0 Å². The SMILES string of the molecule is CCC1CN(CC2C(C)CC(C)CC2NC)CCN1C. The molecule has 2 rings (SSSR count). The molecule has 2 aliphatic rings. The van der Waals surface area contributed by atoms with Gasteiger partial charge in [-0.15, -0.1) is 0 Å². The number of hydrogen-bond donors (Lipinski definition) is 1. The molecule has 1 saturated carbocycles. The topological polar surface area (TPSA) is 18.5 Å². The molecule has 1 aliphatic carbocycles. The summed E-state index contributed by atoms with van der Waals surface area (Å²) in [6.45, 7) is 12.3. The molecular weight excluding hydrogens is 246 g/mol. The van der Waals surface area contributed by atoms with Gasteiger partial charge in [-0.1, -0.05) is 20.8 Å². The molecule has 1 heterocycles. The average Bonchev–Trinajstić information content (AvgIpc) is 2.43. The standard InChI is InChI=1S/C17H35N3/c1-6-15-11-20(8-7-19(15)5)12-16-14(3)9-13(2)10-17(16)18-4/h13-18H,6-12H2,1-5H3. The monoisotopic (exact) mass is 281 g/mol. The largest absolute Gasteiger partial charge is 0.317 e. The molecule has 3 nitrogen and oxygen atoms in total. The van der Waals surface area contributed by atoms with E-state index in [-0.39, 0.29) is 0 Å². The van der Waals surface area contributed by atoms with Crippen molar-refractivity contribution >= 4 is 0 Å². The molecule has 1 N–H and O–H groups in total. The third-order valence-corrected chi connectivity index (χ3v) is 5.85. The number of nitrogens with zero attached hydrogens (tertiary/aromatic N) is 2. The van der Waals surface area contributed by atoms with Crippen LogP contribution in [0.2, 0.25) is 0 Å². The minimum atomic E-state index is 0.716. The number of piperazine rings is 1. The van der Waals surface area contributed by atoms with Crippen LogP contribution in [0.15, 0.2) is 0 Å². The summed E-state index contributed by atoms with van der Waals surface area (Å²) >= 11 is 0. The van der Waals surface area contributed by atoms with E-state index < -0.39 is 0 Å². The summed E-state index contributed by atoms with van der Waals surface area (Å²) in [6, 6.07) is 1.48. The van der Waals surface area contributed by atoms with Gasteiger partial charge in [0.2, 0.25) is 0 Å². The van der Waals surface area contributed by atoms with Crippen molar-refractivity contribution in [3.05, 3.63) is 0 Å². The molecule has 0 aromatic carbocycles. The summed E-state index contributed by atoms with van der Waals surface area (Å²) in [6.07, 6.45) is 4.05. The fourth-order valence-corrected chi connectivity index (χ4v) is 4.46. The van der Waals surface area contributed by atoms with Gasteiger partial charge in [-0.2, -0.15) is 0 Å². The number of hydrogen-bond acceptors (Lipinski definition) is 3. The first-order valence-electron chi connectivity index (χ1n) is 8.65. The lowest BCUT2D eigenvalue weighted by atomic mass is 9.72. The molecule has 0 radical (unpaired) electrons. The smallest absolute Gasteiger partial charge is 0.0218 e. The first kappa shape index (κ1) is 16.3. The zero-order chi connectivity index (χ0) is 14.7. The predicted octanol–water partition coefficient (Wildman–Crippen LogP) is 2.28. The van der Waals surface area contributed by atoms with E-state index in [9.17, 15) is 0 Å². The van der Waals surface area contributed by atoms with E-state index in [1.54, 1.807) is 0 Å². The quantitative estimate of drug-likeness (QED) is 0.853. The average molecular weight is 281 g/mol. The summed E-state index contributed by atoms with van der Waals surface area (Å²) in [5.41, 5.74) is 0. The maximum Gasteiger partial charge on any atom is 0.0218 e. The van der Waals surface area contributed by atoms with Crippen LogP contribution in [0.4, 0.5) is 0 Å². The molecule has 5 unspecified atom stereocenters. The molecule has 2 fully saturated rings. The molecule has 0 aromatic heterocycles. The van der Waals surface area contributed by atoms with Gasteiger partial charge in [-0.25, -0.2) is 0 Å². The molecule has 5 atom stereocenters. The van der Waals surface area contributed by atoms with Crippen LogP contribution in [-0.2, 0) is 0 Å². The van der Waals surface area contributed by atoms with Crippen LogP contribution in [0, 0.1) is 17.8 Å². The van der Waals surface area contributed by atoms with Crippen LogP contribution in [0.25, 0.3) is 0 Å². The molecule has 3 heteroatoms. The summed E-state index contributed by atoms with van der Waals surface area (Å²) in [5.74, 6) is 2.57. The number of nitrogens with one attached hydrogen (secondary N) is 1. The maximum atomic E-state index is 3.60. The first-order chi connectivity index (χ1) is 9.55. The van der Waals surface area contributed by atoms with E-state index in [1.807, 2.05) is 0 Å². The van der Waals surface area contributed by atoms with E-state index in [1.165, 1.54) is 45.4 Å². The minimum absolute atomic E-state index is 0.716. The zero-order valence-electron chi connectivity index (χ0n) is 14.2. The Labute approximate surface area is 126 Å². The second kappa shape index (κ2) is 7.24. The van der Waals surface area contributed by atoms with Gasteiger partial charge in [0.1, 0.15) is 0 Å². The Bertz CT molecular complexity index is 294. The molecular formula is C17H35N3. The van der Waals surface area contributed by atoms with Crippen molar-refractivity contribution in [1.29, 1.82) is 0 Å².